The van der Waals surface area contributed by atoms with Crippen molar-refractivity contribution in [1.82, 2.24) is 19.4 Å². The van der Waals surface area contributed by atoms with E-state index < -0.39 is 27.8 Å². The predicted octanol–water partition coefficient (Wildman–Crippen LogP) is 1.09. The first kappa shape index (κ1) is 30.8. The van der Waals surface area contributed by atoms with Gasteiger partial charge in [-0.2, -0.15) is 4.31 Å². The number of nitrogens with one attached hydrogen (secondary N) is 1. The van der Waals surface area contributed by atoms with Crippen LogP contribution in [0.4, 0.5) is 4.39 Å². The maximum absolute atomic E-state index is 13.5. The molecule has 2 aromatic rings. The number of morpholine rings is 2. The fourth-order valence-electron chi connectivity index (χ4n) is 4.55. The average molecular weight is 593 g/mol. The van der Waals surface area contributed by atoms with Crippen molar-refractivity contribution in [1.29, 1.82) is 0 Å². The topological polar surface area (TPSA) is 118 Å². The molecule has 2 saturated heterocycles. The second-order valence-corrected chi connectivity index (χ2v) is 11.8. The molecule has 2 aliphatic rings. The van der Waals surface area contributed by atoms with Crippen LogP contribution in [-0.4, -0.2) is 113 Å². The van der Waals surface area contributed by atoms with E-state index in [4.69, 9.17) is 14.2 Å². The molecule has 0 aliphatic carbocycles. The van der Waals surface area contributed by atoms with Gasteiger partial charge in [0.2, 0.25) is 15.9 Å². The van der Waals surface area contributed by atoms with Crippen LogP contribution in [0.2, 0.25) is 0 Å². The average Bonchev–Trinajstić information content (AvgIpc) is 3.00. The van der Waals surface area contributed by atoms with Crippen molar-refractivity contribution < 1.29 is 36.6 Å². The molecule has 0 spiro atoms. The molecule has 13 heteroatoms. The maximum atomic E-state index is 13.5. The first-order valence-corrected chi connectivity index (χ1v) is 15.1. The summed E-state index contributed by atoms with van der Waals surface area (Å²) < 4.78 is 56.8. The molecule has 1 N–H and O–H groups in total. The van der Waals surface area contributed by atoms with Crippen molar-refractivity contribution in [2.45, 2.75) is 24.4 Å². The third-order valence-electron chi connectivity index (χ3n) is 7.06. The summed E-state index contributed by atoms with van der Waals surface area (Å²) in [6.45, 7) is 6.66. The Balaban J connectivity index is 1.37. The molecule has 2 aliphatic heterocycles. The Bertz CT molecular complexity index is 1250. The van der Waals surface area contributed by atoms with Gasteiger partial charge < -0.3 is 24.4 Å². The van der Waals surface area contributed by atoms with Gasteiger partial charge in [0, 0.05) is 45.8 Å². The third-order valence-corrected chi connectivity index (χ3v) is 8.97. The molecule has 0 aromatic heterocycles. The van der Waals surface area contributed by atoms with Crippen LogP contribution in [0.25, 0.3) is 0 Å². The minimum absolute atomic E-state index is 0.0806. The fraction of sp³-hybridized carbons (Fsp3) is 0.500. The molecule has 1 atom stereocenters. The summed E-state index contributed by atoms with van der Waals surface area (Å²) in [6, 6.07) is 10.8. The number of benzene rings is 2. The number of halogens is 1. The number of rotatable bonds is 12. The van der Waals surface area contributed by atoms with Crippen molar-refractivity contribution in [2.24, 2.45) is 0 Å². The van der Waals surface area contributed by atoms with Crippen LogP contribution >= 0.6 is 0 Å². The summed E-state index contributed by atoms with van der Waals surface area (Å²) in [4.78, 5) is 30.0. The molecular weight excluding hydrogens is 555 g/mol. The van der Waals surface area contributed by atoms with Crippen LogP contribution in [-0.2, 0) is 35.6 Å². The molecule has 11 nitrogen and oxygen atoms in total. The molecule has 4 rings (SSSR count). The fourth-order valence-corrected chi connectivity index (χ4v) is 5.96. The Morgan fingerprint density at radius 2 is 1.59 bits per heavy atom. The van der Waals surface area contributed by atoms with Gasteiger partial charge in [0.05, 0.1) is 31.3 Å². The molecule has 224 valence electrons. The number of sulfonamides is 1. The Hall–Kier alpha value is -3.10. The van der Waals surface area contributed by atoms with Gasteiger partial charge in [0.25, 0.3) is 5.91 Å². The number of carbonyl (C=O) groups is 2. The highest BCUT2D eigenvalue weighted by atomic mass is 32.2. The summed E-state index contributed by atoms with van der Waals surface area (Å²) in [5.41, 5.74) is 0.658. The van der Waals surface area contributed by atoms with Crippen LogP contribution < -0.4 is 10.1 Å². The van der Waals surface area contributed by atoms with Crippen molar-refractivity contribution in [3.05, 3.63) is 59.9 Å². The van der Waals surface area contributed by atoms with Crippen LogP contribution in [0.15, 0.2) is 53.4 Å². The van der Waals surface area contributed by atoms with Gasteiger partial charge in [-0.1, -0.05) is 12.1 Å². The largest absolute Gasteiger partial charge is 0.484 e. The van der Waals surface area contributed by atoms with E-state index in [-0.39, 0.29) is 37.0 Å². The number of hydrogen-bond acceptors (Lipinski definition) is 8. The summed E-state index contributed by atoms with van der Waals surface area (Å²) in [6.07, 6.45) is 0. The lowest BCUT2D eigenvalue weighted by atomic mass is 10.1. The number of carbonyl (C=O) groups excluding carboxylic acids is 2. The van der Waals surface area contributed by atoms with Gasteiger partial charge in [-0.05, 0) is 48.9 Å². The van der Waals surface area contributed by atoms with Crippen LogP contribution in [0, 0.1) is 5.82 Å². The van der Waals surface area contributed by atoms with Crippen molar-refractivity contribution in [3.8, 4) is 5.75 Å². The van der Waals surface area contributed by atoms with E-state index in [9.17, 15) is 22.4 Å². The van der Waals surface area contributed by atoms with Crippen LogP contribution in [0.3, 0.4) is 0 Å². The second kappa shape index (κ2) is 14.7. The van der Waals surface area contributed by atoms with E-state index in [2.05, 4.69) is 10.2 Å². The molecule has 2 heterocycles. The van der Waals surface area contributed by atoms with Gasteiger partial charge in [-0.15, -0.1) is 0 Å². The molecule has 2 fully saturated rings. The lowest BCUT2D eigenvalue weighted by Crippen LogP contribution is -2.50. The smallest absolute Gasteiger partial charge is 0.261 e. The zero-order valence-corrected chi connectivity index (χ0v) is 24.0. The number of ether oxygens (including phenoxy) is 3. The Labute approximate surface area is 240 Å². The summed E-state index contributed by atoms with van der Waals surface area (Å²) >= 11 is 0. The Morgan fingerprint density at radius 3 is 2.22 bits per heavy atom. The molecule has 0 saturated carbocycles. The zero-order valence-electron chi connectivity index (χ0n) is 23.2. The summed E-state index contributed by atoms with van der Waals surface area (Å²) in [5, 5.41) is 2.90. The number of nitrogens with zero attached hydrogens (tertiary/aromatic N) is 3. The maximum Gasteiger partial charge on any atom is 0.261 e. The quantitative estimate of drug-likeness (QED) is 0.390. The second-order valence-electron chi connectivity index (χ2n) is 9.85. The third kappa shape index (κ3) is 8.69. The highest BCUT2D eigenvalue weighted by Gasteiger charge is 2.28. The zero-order chi connectivity index (χ0) is 29.2. The van der Waals surface area contributed by atoms with Crippen LogP contribution in [0.1, 0.15) is 12.5 Å². The Kier molecular flexibility index (Phi) is 11.1. The van der Waals surface area contributed by atoms with E-state index in [1.807, 2.05) is 0 Å². The highest BCUT2D eigenvalue weighted by molar-refractivity contribution is 7.89. The van der Waals surface area contributed by atoms with Gasteiger partial charge in [-0.25, -0.2) is 12.8 Å². The normalized spacial score (nSPS) is 17.5. The van der Waals surface area contributed by atoms with Crippen molar-refractivity contribution in [2.75, 3.05) is 72.3 Å². The van der Waals surface area contributed by atoms with Gasteiger partial charge >= 0.3 is 0 Å². The summed E-state index contributed by atoms with van der Waals surface area (Å²) in [7, 11) is -3.65. The van der Waals surface area contributed by atoms with Gasteiger partial charge in [0.15, 0.2) is 6.61 Å². The standard InChI is InChI=1S/C28H37FN4O7S/c1-22(28(35)30-10-11-31-12-16-38-17-13-31)33(20-23-2-4-24(29)5-3-23)27(34)21-40-25-6-8-26(9-7-25)41(36,37)32-14-18-39-19-15-32/h2-9,22H,10-21H2,1H3,(H,30,35). The first-order chi connectivity index (χ1) is 19.7. The minimum Gasteiger partial charge on any atom is -0.484 e. The van der Waals surface area contributed by atoms with Crippen molar-refractivity contribution in [3.63, 3.8) is 0 Å². The molecule has 0 radical (unpaired) electrons. The number of hydrogen-bond donors (Lipinski definition) is 1. The van der Waals surface area contributed by atoms with Crippen LogP contribution in [0.5, 0.6) is 5.75 Å². The van der Waals surface area contributed by atoms with Crippen molar-refractivity contribution >= 4 is 21.8 Å². The molecular formula is C28H37FN4O7S. The van der Waals surface area contributed by atoms with E-state index in [1.54, 1.807) is 19.1 Å². The van der Waals surface area contributed by atoms with Gasteiger partial charge in [0.1, 0.15) is 17.6 Å². The predicted molar refractivity (Wildman–Crippen MR) is 148 cm³/mol. The monoisotopic (exact) mass is 592 g/mol. The molecule has 2 aromatic carbocycles. The van der Waals surface area contributed by atoms with Gasteiger partial charge in [-0.3, -0.25) is 14.5 Å². The SMILES string of the molecule is CC(C(=O)NCCN1CCOCC1)N(Cc1ccc(F)cc1)C(=O)COc1ccc(S(=O)(=O)N2CCOCC2)cc1. The van der Waals surface area contributed by atoms with E-state index >= 15 is 0 Å². The van der Waals surface area contributed by atoms with E-state index in [0.29, 0.717) is 50.8 Å². The van der Waals surface area contributed by atoms with E-state index in [1.165, 1.54) is 45.6 Å². The highest BCUT2D eigenvalue weighted by Crippen LogP contribution is 2.21. The lowest BCUT2D eigenvalue weighted by molar-refractivity contribution is -0.142. The Morgan fingerprint density at radius 1 is 0.976 bits per heavy atom. The molecule has 0 bridgehead atoms. The summed E-state index contributed by atoms with van der Waals surface area (Å²) in [5.74, 6) is -0.854. The molecule has 1 unspecified atom stereocenters. The lowest BCUT2D eigenvalue weighted by Gasteiger charge is -2.30. The first-order valence-electron chi connectivity index (χ1n) is 13.7. The molecule has 41 heavy (non-hydrogen) atoms. The van der Waals surface area contributed by atoms with E-state index in [0.717, 1.165) is 13.1 Å². The molecule has 2 amide bonds. The minimum atomic E-state index is -3.65. The number of amides is 2.